The van der Waals surface area contributed by atoms with E-state index in [9.17, 15) is 12.8 Å². The molecule has 72 valence electrons. The van der Waals surface area contributed by atoms with Crippen LogP contribution in [0.25, 0.3) is 0 Å². The summed E-state index contributed by atoms with van der Waals surface area (Å²) in [5, 5.41) is 0. The van der Waals surface area contributed by atoms with Gasteiger partial charge in [0.05, 0.1) is 4.47 Å². The van der Waals surface area contributed by atoms with E-state index in [1.807, 2.05) is 0 Å². The van der Waals surface area contributed by atoms with Gasteiger partial charge in [0.1, 0.15) is 4.90 Å². The zero-order chi connectivity index (χ0) is 10.2. The second-order valence-electron chi connectivity index (χ2n) is 2.11. The maximum Gasteiger partial charge on any atom is 0.265 e. The Hall–Kier alpha value is 0.350. The monoisotopic (exact) mass is 350 g/mol. The van der Waals surface area contributed by atoms with Gasteiger partial charge >= 0.3 is 0 Å². The number of benzene rings is 1. The fourth-order valence-electron chi connectivity index (χ4n) is 0.732. The first-order valence-electron chi connectivity index (χ1n) is 2.92. The van der Waals surface area contributed by atoms with Crippen molar-refractivity contribution in [2.45, 2.75) is 4.90 Å². The Balaban J connectivity index is 3.62. The Morgan fingerprint density at radius 3 is 2.08 bits per heavy atom. The first-order chi connectivity index (χ1) is 5.84. The minimum Gasteiger partial charge on any atom is -0.207 e. The molecule has 0 saturated carbocycles. The average Bonchev–Trinajstić information content (AvgIpc) is 1.95. The highest BCUT2D eigenvalue weighted by Crippen LogP contribution is 2.31. The summed E-state index contributed by atoms with van der Waals surface area (Å²) in [4.78, 5) is -0.552. The van der Waals surface area contributed by atoms with Gasteiger partial charge in [-0.1, -0.05) is 0 Å². The lowest BCUT2D eigenvalue weighted by Gasteiger charge is -2.02. The standard InChI is InChI=1S/C6H2Br2ClFO2S/c7-3-1-2-4(8)6(5(3)10)13(9,11)12/h1-2H. The van der Waals surface area contributed by atoms with E-state index in [0.29, 0.717) is 0 Å². The number of halogens is 4. The van der Waals surface area contributed by atoms with Crippen molar-refractivity contribution in [1.82, 2.24) is 0 Å². The highest BCUT2D eigenvalue weighted by atomic mass is 79.9. The number of hydrogen-bond acceptors (Lipinski definition) is 2. The van der Waals surface area contributed by atoms with E-state index in [4.69, 9.17) is 10.7 Å². The molecule has 1 aromatic rings. The van der Waals surface area contributed by atoms with Gasteiger partial charge in [-0.05, 0) is 44.0 Å². The molecule has 1 aromatic carbocycles. The van der Waals surface area contributed by atoms with Crippen molar-refractivity contribution < 1.29 is 12.8 Å². The molecule has 0 spiro atoms. The third-order valence-electron chi connectivity index (χ3n) is 1.25. The van der Waals surface area contributed by atoms with E-state index in [1.54, 1.807) is 0 Å². The van der Waals surface area contributed by atoms with Gasteiger partial charge < -0.3 is 0 Å². The van der Waals surface area contributed by atoms with Crippen LogP contribution in [0.3, 0.4) is 0 Å². The van der Waals surface area contributed by atoms with Crippen LogP contribution in [0.5, 0.6) is 0 Å². The SMILES string of the molecule is O=S(=O)(Cl)c1c(Br)ccc(Br)c1F. The molecule has 0 aliphatic carbocycles. The number of hydrogen-bond donors (Lipinski definition) is 0. The zero-order valence-electron chi connectivity index (χ0n) is 5.89. The fourth-order valence-corrected chi connectivity index (χ4v) is 3.50. The summed E-state index contributed by atoms with van der Waals surface area (Å²) in [7, 11) is 0.956. The summed E-state index contributed by atoms with van der Waals surface area (Å²) in [5.74, 6) is -0.899. The highest BCUT2D eigenvalue weighted by Gasteiger charge is 2.21. The lowest BCUT2D eigenvalue weighted by atomic mass is 10.3. The first kappa shape index (κ1) is 11.4. The topological polar surface area (TPSA) is 34.1 Å². The van der Waals surface area contributed by atoms with Crippen molar-refractivity contribution in [3.05, 3.63) is 26.9 Å². The molecular weight excluding hydrogens is 350 g/mol. The van der Waals surface area contributed by atoms with E-state index >= 15 is 0 Å². The molecule has 0 saturated heterocycles. The first-order valence-corrected chi connectivity index (χ1v) is 6.81. The molecule has 0 aliphatic heterocycles. The lowest BCUT2D eigenvalue weighted by molar-refractivity contribution is 0.569. The van der Waals surface area contributed by atoms with Gasteiger partial charge in [-0.15, -0.1) is 0 Å². The van der Waals surface area contributed by atoms with E-state index < -0.39 is 19.8 Å². The summed E-state index contributed by atoms with van der Waals surface area (Å²) in [6.07, 6.45) is 0. The van der Waals surface area contributed by atoms with Gasteiger partial charge in [-0.3, -0.25) is 0 Å². The summed E-state index contributed by atoms with van der Waals surface area (Å²) in [6.45, 7) is 0. The van der Waals surface area contributed by atoms with E-state index in [-0.39, 0.29) is 8.95 Å². The smallest absolute Gasteiger partial charge is 0.207 e. The Bertz CT molecular complexity index is 446. The van der Waals surface area contributed by atoms with Crippen LogP contribution in [-0.2, 0) is 9.05 Å². The molecule has 0 N–H and O–H groups in total. The Labute approximate surface area is 95.8 Å². The predicted molar refractivity (Wildman–Crippen MR) is 54.8 cm³/mol. The Morgan fingerprint density at radius 1 is 1.23 bits per heavy atom. The van der Waals surface area contributed by atoms with E-state index in [2.05, 4.69) is 31.9 Å². The van der Waals surface area contributed by atoms with Crippen molar-refractivity contribution in [3.63, 3.8) is 0 Å². The zero-order valence-corrected chi connectivity index (χ0v) is 10.6. The van der Waals surface area contributed by atoms with Crippen LogP contribution in [0.15, 0.2) is 26.0 Å². The summed E-state index contributed by atoms with van der Waals surface area (Å²) in [6, 6.07) is 2.77. The summed E-state index contributed by atoms with van der Waals surface area (Å²) >= 11 is 5.75. The maximum absolute atomic E-state index is 13.2. The predicted octanol–water partition coefficient (Wildman–Crippen LogP) is 3.28. The Morgan fingerprint density at radius 2 is 1.69 bits per heavy atom. The molecule has 0 heterocycles. The van der Waals surface area contributed by atoms with E-state index in [0.717, 1.165) is 0 Å². The average molecular weight is 352 g/mol. The van der Waals surface area contributed by atoms with Gasteiger partial charge in [0.25, 0.3) is 9.05 Å². The van der Waals surface area contributed by atoms with Crippen molar-refractivity contribution in [2.24, 2.45) is 0 Å². The van der Waals surface area contributed by atoms with Crippen LogP contribution >= 0.6 is 42.5 Å². The molecule has 0 aromatic heterocycles. The third kappa shape index (κ3) is 2.43. The molecule has 0 fully saturated rings. The van der Waals surface area contributed by atoms with Crippen LogP contribution in [0.2, 0.25) is 0 Å². The normalized spacial score (nSPS) is 11.7. The number of rotatable bonds is 1. The second-order valence-corrected chi connectivity index (χ2v) is 6.32. The lowest BCUT2D eigenvalue weighted by Crippen LogP contribution is -1.97. The fraction of sp³-hybridized carbons (Fsp3) is 0. The molecule has 0 amide bonds. The van der Waals surface area contributed by atoms with Gasteiger partial charge in [-0.25, -0.2) is 12.8 Å². The maximum atomic E-state index is 13.2. The second kappa shape index (κ2) is 3.84. The molecule has 7 heteroatoms. The van der Waals surface area contributed by atoms with Crippen molar-refractivity contribution >= 4 is 51.6 Å². The van der Waals surface area contributed by atoms with E-state index in [1.165, 1.54) is 12.1 Å². The van der Waals surface area contributed by atoms with Crippen molar-refractivity contribution in [1.29, 1.82) is 0 Å². The van der Waals surface area contributed by atoms with Crippen LogP contribution in [-0.4, -0.2) is 8.42 Å². The molecule has 0 radical (unpaired) electrons. The van der Waals surface area contributed by atoms with Gasteiger partial charge in [0.2, 0.25) is 0 Å². The quantitative estimate of drug-likeness (QED) is 0.574. The molecular formula is C6H2Br2ClFO2S. The molecule has 0 atom stereocenters. The summed E-state index contributed by atoms with van der Waals surface area (Å²) in [5.41, 5.74) is 0. The molecule has 0 aliphatic rings. The van der Waals surface area contributed by atoms with Crippen LogP contribution in [0, 0.1) is 5.82 Å². The van der Waals surface area contributed by atoms with Gasteiger partial charge in [-0.2, -0.15) is 0 Å². The van der Waals surface area contributed by atoms with Crippen LogP contribution in [0.4, 0.5) is 4.39 Å². The van der Waals surface area contributed by atoms with Crippen LogP contribution < -0.4 is 0 Å². The molecule has 13 heavy (non-hydrogen) atoms. The van der Waals surface area contributed by atoms with Gasteiger partial charge in [0.15, 0.2) is 5.82 Å². The van der Waals surface area contributed by atoms with Crippen LogP contribution in [0.1, 0.15) is 0 Å². The summed E-state index contributed by atoms with van der Waals surface area (Å²) < 4.78 is 35.2. The Kier molecular flexibility index (Phi) is 3.38. The largest absolute Gasteiger partial charge is 0.265 e. The molecule has 1 rings (SSSR count). The minimum absolute atomic E-state index is 0.0509. The minimum atomic E-state index is -4.07. The van der Waals surface area contributed by atoms with Crippen molar-refractivity contribution in [3.8, 4) is 0 Å². The highest BCUT2D eigenvalue weighted by molar-refractivity contribution is 9.11. The molecule has 0 bridgehead atoms. The van der Waals surface area contributed by atoms with Gasteiger partial charge in [0, 0.05) is 15.2 Å². The molecule has 2 nitrogen and oxygen atoms in total. The third-order valence-corrected chi connectivity index (χ3v) is 4.13. The van der Waals surface area contributed by atoms with Crippen molar-refractivity contribution in [2.75, 3.05) is 0 Å². The molecule has 0 unspecified atom stereocenters.